The molecule has 6 heteroatoms. The molecule has 0 spiro atoms. The molecule has 1 aromatic carbocycles. The molecular formula is C14H24INO4. The number of benzene rings is 1. The molecule has 0 saturated heterocycles. The van der Waals surface area contributed by atoms with Crippen LogP contribution in [-0.4, -0.2) is 68.3 Å². The molecule has 0 radical (unpaired) electrons. The summed E-state index contributed by atoms with van der Waals surface area (Å²) in [5.74, 6) is 1.44. The normalized spacial score (nSPS) is 12.4. The smallest absolute Gasteiger partial charge is 0.137 e. The lowest BCUT2D eigenvalue weighted by Gasteiger charge is -2.23. The van der Waals surface area contributed by atoms with Crippen LogP contribution in [0, 0.1) is 0 Å². The molecule has 0 fully saturated rings. The predicted octanol–water partition coefficient (Wildman–Crippen LogP) is -2.49. The Morgan fingerprint density at radius 3 is 2.00 bits per heavy atom. The number of hydrogen-bond acceptors (Lipinski definition) is 4. The summed E-state index contributed by atoms with van der Waals surface area (Å²) in [6, 6.07) is 7.23. The maximum atomic E-state index is 9.16. The van der Waals surface area contributed by atoms with Crippen LogP contribution in [0.2, 0.25) is 0 Å². The molecule has 2 N–H and O–H groups in total. The van der Waals surface area contributed by atoms with Crippen molar-refractivity contribution in [2.75, 3.05) is 47.5 Å². The van der Waals surface area contributed by atoms with E-state index in [1.807, 2.05) is 12.1 Å². The van der Waals surface area contributed by atoms with Gasteiger partial charge in [-0.3, -0.25) is 0 Å². The highest BCUT2D eigenvalue weighted by Crippen LogP contribution is 2.17. The lowest BCUT2D eigenvalue weighted by Crippen LogP contribution is -3.00. The molecular weight excluding hydrogens is 373 g/mol. The van der Waals surface area contributed by atoms with E-state index in [1.54, 1.807) is 12.1 Å². The van der Waals surface area contributed by atoms with E-state index in [0.717, 1.165) is 16.8 Å². The molecule has 5 nitrogen and oxygen atoms in total. The third-order valence-corrected chi connectivity index (χ3v) is 2.51. The van der Waals surface area contributed by atoms with E-state index in [2.05, 4.69) is 21.1 Å². The number of rotatable bonds is 8. The fourth-order valence-electron chi connectivity index (χ4n) is 1.31. The van der Waals surface area contributed by atoms with Gasteiger partial charge >= 0.3 is 0 Å². The van der Waals surface area contributed by atoms with E-state index >= 15 is 0 Å². The number of aliphatic hydroxyl groups is 2. The lowest BCUT2D eigenvalue weighted by atomic mass is 10.3. The molecule has 1 rings (SSSR count). The summed E-state index contributed by atoms with van der Waals surface area (Å²) in [4.78, 5) is 0. The van der Waals surface area contributed by atoms with Crippen molar-refractivity contribution in [3.05, 3.63) is 24.3 Å². The van der Waals surface area contributed by atoms with Gasteiger partial charge in [-0.05, 0) is 24.3 Å². The van der Waals surface area contributed by atoms with E-state index in [9.17, 15) is 0 Å². The van der Waals surface area contributed by atoms with E-state index in [4.69, 9.17) is 19.7 Å². The zero-order chi connectivity index (χ0) is 14.3. The number of nitrogens with zero attached hydrogens (tertiary/aromatic N) is 1. The van der Waals surface area contributed by atoms with Crippen LogP contribution in [0.5, 0.6) is 11.5 Å². The molecule has 20 heavy (non-hydrogen) atoms. The highest BCUT2D eigenvalue weighted by atomic mass is 127. The van der Waals surface area contributed by atoms with Crippen LogP contribution in [0.15, 0.2) is 24.3 Å². The Kier molecular flexibility index (Phi) is 9.11. The number of halogens is 1. The van der Waals surface area contributed by atoms with Crippen LogP contribution in [0.3, 0.4) is 0 Å². The summed E-state index contributed by atoms with van der Waals surface area (Å²) in [6.07, 6.45) is -0.847. The Morgan fingerprint density at radius 2 is 1.55 bits per heavy atom. The molecule has 1 aromatic rings. The Morgan fingerprint density at radius 1 is 1.05 bits per heavy atom. The number of aliphatic hydroxyl groups excluding tert-OH is 2. The van der Waals surface area contributed by atoms with Crippen molar-refractivity contribution in [2.45, 2.75) is 6.10 Å². The van der Waals surface area contributed by atoms with E-state index in [-0.39, 0.29) is 37.2 Å². The first-order valence-corrected chi connectivity index (χ1v) is 6.36. The highest BCUT2D eigenvalue weighted by Gasteiger charge is 2.07. The minimum atomic E-state index is -0.847. The molecule has 0 bridgehead atoms. The Balaban J connectivity index is 0.00000361. The molecule has 116 valence electrons. The number of quaternary nitrogens is 1. The van der Waals surface area contributed by atoms with Gasteiger partial charge in [0.1, 0.15) is 37.4 Å². The van der Waals surface area contributed by atoms with Crippen LogP contribution in [-0.2, 0) is 0 Å². The van der Waals surface area contributed by atoms with Crippen molar-refractivity contribution in [3.8, 4) is 11.5 Å². The van der Waals surface area contributed by atoms with Gasteiger partial charge in [0.15, 0.2) is 0 Å². The Bertz CT molecular complexity index is 364. The number of ether oxygens (including phenoxy) is 2. The van der Waals surface area contributed by atoms with Crippen molar-refractivity contribution in [1.29, 1.82) is 0 Å². The predicted molar refractivity (Wildman–Crippen MR) is 73.4 cm³/mol. The molecule has 0 aliphatic heterocycles. The van der Waals surface area contributed by atoms with Crippen LogP contribution < -0.4 is 33.5 Å². The fraction of sp³-hybridized carbons (Fsp3) is 0.571. The van der Waals surface area contributed by atoms with E-state index < -0.39 is 6.10 Å². The van der Waals surface area contributed by atoms with Crippen LogP contribution in [0.25, 0.3) is 0 Å². The topological polar surface area (TPSA) is 58.9 Å². The second-order valence-corrected chi connectivity index (χ2v) is 5.48. The quantitative estimate of drug-likeness (QED) is 0.377. The largest absolute Gasteiger partial charge is 1.00 e. The Labute approximate surface area is 137 Å². The van der Waals surface area contributed by atoms with Crippen molar-refractivity contribution in [2.24, 2.45) is 0 Å². The van der Waals surface area contributed by atoms with Gasteiger partial charge in [0.05, 0.1) is 27.7 Å². The van der Waals surface area contributed by atoms with Gasteiger partial charge in [-0.2, -0.15) is 0 Å². The highest BCUT2D eigenvalue weighted by molar-refractivity contribution is 5.31. The second kappa shape index (κ2) is 9.38. The van der Waals surface area contributed by atoms with Gasteiger partial charge < -0.3 is 48.1 Å². The monoisotopic (exact) mass is 397 g/mol. The van der Waals surface area contributed by atoms with Gasteiger partial charge in [0.25, 0.3) is 0 Å². The second-order valence-electron chi connectivity index (χ2n) is 5.48. The summed E-state index contributed by atoms with van der Waals surface area (Å²) in [6.45, 7) is 1.37. The van der Waals surface area contributed by atoms with Crippen molar-refractivity contribution in [3.63, 3.8) is 0 Å². The summed E-state index contributed by atoms with van der Waals surface area (Å²) in [5.41, 5.74) is 0. The summed E-state index contributed by atoms with van der Waals surface area (Å²) in [7, 11) is 6.35. The van der Waals surface area contributed by atoms with Crippen molar-refractivity contribution in [1.82, 2.24) is 0 Å². The zero-order valence-corrected chi connectivity index (χ0v) is 14.4. The fourth-order valence-corrected chi connectivity index (χ4v) is 1.31. The number of likely N-dealkylation sites (N-methyl/N-ethyl adjacent to an activating group) is 1. The lowest BCUT2D eigenvalue weighted by molar-refractivity contribution is -0.870. The third-order valence-electron chi connectivity index (χ3n) is 2.51. The molecule has 1 unspecified atom stereocenters. The molecule has 0 amide bonds. The molecule has 0 saturated carbocycles. The number of hydrogen-bond donors (Lipinski definition) is 2. The first-order chi connectivity index (χ1) is 8.90. The summed E-state index contributed by atoms with van der Waals surface area (Å²) in [5, 5.41) is 17.8. The van der Waals surface area contributed by atoms with Crippen molar-refractivity contribution < 1.29 is 48.1 Å². The maximum absolute atomic E-state index is 9.16. The first kappa shape index (κ1) is 19.4. The van der Waals surface area contributed by atoms with Gasteiger partial charge in [-0.15, -0.1) is 0 Å². The van der Waals surface area contributed by atoms with Gasteiger partial charge in [-0.25, -0.2) is 0 Å². The summed E-state index contributed by atoms with van der Waals surface area (Å²) >= 11 is 0. The average molecular weight is 397 g/mol. The first-order valence-electron chi connectivity index (χ1n) is 6.36. The SMILES string of the molecule is C[N+](C)(C)CCOc1ccc(OCC(O)CO)cc1.[I-]. The minimum Gasteiger partial charge on any atom is -1.00 e. The third kappa shape index (κ3) is 8.57. The van der Waals surface area contributed by atoms with Crippen LogP contribution in [0.4, 0.5) is 0 Å². The van der Waals surface area contributed by atoms with Crippen molar-refractivity contribution >= 4 is 0 Å². The van der Waals surface area contributed by atoms with Crippen LogP contribution >= 0.6 is 0 Å². The standard InChI is InChI=1S/C14H24NO4.HI/c1-15(2,3)8-9-18-13-4-6-14(7-5-13)19-11-12(17)10-16;/h4-7,12,16-17H,8-11H2,1-3H3;1H/q+1;/p-1. The Hall–Kier alpha value is -0.570. The molecule has 0 aliphatic rings. The van der Waals surface area contributed by atoms with Gasteiger partial charge in [0.2, 0.25) is 0 Å². The summed E-state index contributed by atoms with van der Waals surface area (Å²) < 4.78 is 11.8. The zero-order valence-electron chi connectivity index (χ0n) is 12.3. The molecule has 1 atom stereocenters. The van der Waals surface area contributed by atoms with E-state index in [0.29, 0.717) is 12.4 Å². The van der Waals surface area contributed by atoms with Gasteiger partial charge in [-0.1, -0.05) is 0 Å². The molecule has 0 aliphatic carbocycles. The average Bonchev–Trinajstić information content (AvgIpc) is 2.36. The van der Waals surface area contributed by atoms with Gasteiger partial charge in [0, 0.05) is 0 Å². The minimum absolute atomic E-state index is 0. The molecule has 0 heterocycles. The van der Waals surface area contributed by atoms with E-state index in [1.165, 1.54) is 0 Å². The molecule has 0 aromatic heterocycles. The maximum Gasteiger partial charge on any atom is 0.137 e. The van der Waals surface area contributed by atoms with Crippen LogP contribution in [0.1, 0.15) is 0 Å².